The second-order valence-electron chi connectivity index (χ2n) is 3.33. The van der Waals surface area contributed by atoms with E-state index in [-0.39, 0.29) is 6.04 Å². The topological polar surface area (TPSA) is 46.2 Å². The molecule has 0 bridgehead atoms. The summed E-state index contributed by atoms with van der Waals surface area (Å²) in [5.74, 6) is 0. The first-order chi connectivity index (χ1) is 6.00. The summed E-state index contributed by atoms with van der Waals surface area (Å²) in [5, 5.41) is 9.95. The van der Waals surface area contributed by atoms with Crippen LogP contribution in [0.4, 0.5) is 0 Å². The van der Waals surface area contributed by atoms with E-state index < -0.39 is 6.10 Å². The number of nitrogens with two attached hydrogens (primary N) is 1. The van der Waals surface area contributed by atoms with Crippen molar-refractivity contribution >= 4 is 11.6 Å². The van der Waals surface area contributed by atoms with Crippen LogP contribution in [-0.4, -0.2) is 11.2 Å². The number of hydrogen-bond acceptors (Lipinski definition) is 2. The van der Waals surface area contributed by atoms with Crippen molar-refractivity contribution in [1.82, 2.24) is 0 Å². The Hall–Kier alpha value is -0.570. The molecule has 72 valence electrons. The summed E-state index contributed by atoms with van der Waals surface area (Å²) in [6.45, 7) is 3.62. The molecule has 0 aliphatic carbocycles. The fourth-order valence-corrected chi connectivity index (χ4v) is 1.53. The second-order valence-corrected chi connectivity index (χ2v) is 3.76. The molecule has 2 unspecified atom stereocenters. The third-order valence-electron chi connectivity index (χ3n) is 1.97. The van der Waals surface area contributed by atoms with E-state index in [1.807, 2.05) is 19.1 Å². The van der Waals surface area contributed by atoms with Gasteiger partial charge >= 0.3 is 0 Å². The van der Waals surface area contributed by atoms with Crippen LogP contribution in [0.5, 0.6) is 0 Å². The van der Waals surface area contributed by atoms with Gasteiger partial charge in [0.1, 0.15) is 0 Å². The maximum absolute atomic E-state index is 9.29. The maximum Gasteiger partial charge on any atom is 0.0704 e. The maximum atomic E-state index is 9.29. The monoisotopic (exact) mass is 199 g/mol. The Morgan fingerprint density at radius 1 is 1.38 bits per heavy atom. The minimum atomic E-state index is -0.558. The molecule has 2 atom stereocenters. The average molecular weight is 200 g/mol. The van der Waals surface area contributed by atoms with Gasteiger partial charge in [0.15, 0.2) is 0 Å². The van der Waals surface area contributed by atoms with Gasteiger partial charge in [-0.15, -0.1) is 0 Å². The molecule has 0 aromatic heterocycles. The van der Waals surface area contributed by atoms with Crippen LogP contribution in [0.3, 0.4) is 0 Å². The molecule has 1 rings (SSSR count). The molecule has 0 heterocycles. The van der Waals surface area contributed by atoms with Gasteiger partial charge in [0, 0.05) is 5.02 Å². The zero-order chi connectivity index (χ0) is 10.0. The van der Waals surface area contributed by atoms with E-state index in [0.29, 0.717) is 5.02 Å². The molecular weight excluding hydrogens is 186 g/mol. The van der Waals surface area contributed by atoms with Crippen molar-refractivity contribution in [3.05, 3.63) is 34.3 Å². The third-order valence-corrected chi connectivity index (χ3v) is 2.19. The number of hydrogen-bond donors (Lipinski definition) is 2. The summed E-state index contributed by atoms with van der Waals surface area (Å²) in [4.78, 5) is 0. The summed E-state index contributed by atoms with van der Waals surface area (Å²) < 4.78 is 0. The molecule has 2 nitrogen and oxygen atoms in total. The Morgan fingerprint density at radius 2 is 2.00 bits per heavy atom. The van der Waals surface area contributed by atoms with Crippen LogP contribution in [0, 0.1) is 6.92 Å². The van der Waals surface area contributed by atoms with Crippen LogP contribution < -0.4 is 5.73 Å². The Morgan fingerprint density at radius 3 is 2.46 bits per heavy atom. The summed E-state index contributed by atoms with van der Waals surface area (Å²) in [6.07, 6.45) is -0.558. The molecule has 0 fully saturated rings. The van der Waals surface area contributed by atoms with E-state index >= 15 is 0 Å². The fraction of sp³-hybridized carbons (Fsp3) is 0.400. The van der Waals surface area contributed by atoms with Gasteiger partial charge in [0.25, 0.3) is 0 Å². The number of aliphatic hydroxyl groups is 1. The first-order valence-corrected chi connectivity index (χ1v) is 4.59. The molecule has 0 spiro atoms. The minimum Gasteiger partial charge on any atom is -0.391 e. The average Bonchev–Trinajstić information content (AvgIpc) is 2.01. The Labute approximate surface area is 83.3 Å². The van der Waals surface area contributed by atoms with Crippen LogP contribution in [0.2, 0.25) is 5.02 Å². The van der Waals surface area contributed by atoms with E-state index in [4.69, 9.17) is 17.3 Å². The van der Waals surface area contributed by atoms with Gasteiger partial charge in [-0.3, -0.25) is 0 Å². The zero-order valence-electron chi connectivity index (χ0n) is 7.79. The van der Waals surface area contributed by atoms with Crippen LogP contribution >= 0.6 is 11.6 Å². The summed E-state index contributed by atoms with van der Waals surface area (Å²) >= 11 is 5.86. The molecule has 1 aromatic carbocycles. The Bertz CT molecular complexity index is 279. The number of halogens is 1. The molecule has 0 saturated carbocycles. The fourth-order valence-electron chi connectivity index (χ4n) is 1.24. The van der Waals surface area contributed by atoms with E-state index in [1.165, 1.54) is 0 Å². The lowest BCUT2D eigenvalue weighted by Gasteiger charge is -2.15. The zero-order valence-corrected chi connectivity index (χ0v) is 8.55. The minimum absolute atomic E-state index is 0.364. The van der Waals surface area contributed by atoms with E-state index in [1.54, 1.807) is 13.0 Å². The van der Waals surface area contributed by atoms with E-state index in [0.717, 1.165) is 11.1 Å². The van der Waals surface area contributed by atoms with E-state index in [9.17, 15) is 5.11 Å². The smallest absolute Gasteiger partial charge is 0.0704 e. The molecule has 3 heteroatoms. The van der Waals surface area contributed by atoms with Gasteiger partial charge < -0.3 is 10.8 Å². The number of benzene rings is 1. The first kappa shape index (κ1) is 10.5. The molecule has 0 saturated heterocycles. The normalized spacial score (nSPS) is 15.5. The van der Waals surface area contributed by atoms with E-state index in [2.05, 4.69) is 0 Å². The highest BCUT2D eigenvalue weighted by Gasteiger charge is 2.12. The highest BCUT2D eigenvalue weighted by Crippen LogP contribution is 2.20. The molecule has 3 N–H and O–H groups in total. The van der Waals surface area contributed by atoms with Crippen molar-refractivity contribution in [3.63, 3.8) is 0 Å². The van der Waals surface area contributed by atoms with Crippen LogP contribution in [-0.2, 0) is 0 Å². The largest absolute Gasteiger partial charge is 0.391 e. The number of rotatable bonds is 2. The van der Waals surface area contributed by atoms with Gasteiger partial charge in [0.05, 0.1) is 12.1 Å². The van der Waals surface area contributed by atoms with Crippen molar-refractivity contribution in [1.29, 1.82) is 0 Å². The molecule has 0 aliphatic rings. The van der Waals surface area contributed by atoms with Gasteiger partial charge in [0.2, 0.25) is 0 Å². The van der Waals surface area contributed by atoms with Gasteiger partial charge in [-0.25, -0.2) is 0 Å². The summed E-state index contributed by atoms with van der Waals surface area (Å²) in [6, 6.07) is 5.21. The summed E-state index contributed by atoms with van der Waals surface area (Å²) in [7, 11) is 0. The van der Waals surface area contributed by atoms with Crippen molar-refractivity contribution < 1.29 is 5.11 Å². The third kappa shape index (κ3) is 2.69. The second kappa shape index (κ2) is 4.09. The quantitative estimate of drug-likeness (QED) is 0.766. The standard InChI is InChI=1S/C10H14ClNO/c1-6-3-8(5-9(11)4-6)10(12)7(2)13/h3-5,7,10,13H,12H2,1-2H3. The molecule has 1 aromatic rings. The molecule has 0 radical (unpaired) electrons. The molecule has 13 heavy (non-hydrogen) atoms. The van der Waals surface area contributed by atoms with Crippen LogP contribution in [0.25, 0.3) is 0 Å². The lowest BCUT2D eigenvalue weighted by Crippen LogP contribution is -2.23. The van der Waals surface area contributed by atoms with Crippen LogP contribution in [0.15, 0.2) is 18.2 Å². The van der Waals surface area contributed by atoms with Crippen molar-refractivity contribution in [3.8, 4) is 0 Å². The lowest BCUT2D eigenvalue weighted by atomic mass is 10.0. The van der Waals surface area contributed by atoms with Crippen molar-refractivity contribution in [2.75, 3.05) is 0 Å². The SMILES string of the molecule is Cc1cc(Cl)cc(C(N)C(C)O)c1. The molecule has 0 amide bonds. The molecule has 0 aliphatic heterocycles. The predicted octanol–water partition coefficient (Wildman–Crippen LogP) is 2.03. The summed E-state index contributed by atoms with van der Waals surface area (Å²) in [5.41, 5.74) is 7.70. The Kier molecular flexibility index (Phi) is 3.31. The first-order valence-electron chi connectivity index (χ1n) is 4.21. The number of aryl methyl sites for hydroxylation is 1. The highest BCUT2D eigenvalue weighted by molar-refractivity contribution is 6.30. The van der Waals surface area contributed by atoms with Gasteiger partial charge in [-0.2, -0.15) is 0 Å². The predicted molar refractivity (Wildman–Crippen MR) is 54.8 cm³/mol. The molecular formula is C10H14ClNO. The van der Waals surface area contributed by atoms with Gasteiger partial charge in [-0.1, -0.05) is 17.7 Å². The number of aliphatic hydroxyl groups excluding tert-OH is 1. The highest BCUT2D eigenvalue weighted by atomic mass is 35.5. The van der Waals surface area contributed by atoms with Gasteiger partial charge in [-0.05, 0) is 37.1 Å². The van der Waals surface area contributed by atoms with Crippen LogP contribution in [0.1, 0.15) is 24.1 Å². The Balaban J connectivity index is 3.01. The van der Waals surface area contributed by atoms with Crippen molar-refractivity contribution in [2.24, 2.45) is 5.73 Å². The van der Waals surface area contributed by atoms with Crippen molar-refractivity contribution in [2.45, 2.75) is 26.0 Å². The lowest BCUT2D eigenvalue weighted by molar-refractivity contribution is 0.164.